The number of rotatable bonds is 1. The molecule has 2 atom stereocenters. The Balaban J connectivity index is 1.96. The molecule has 7 heteroatoms. The molecule has 3 aromatic rings. The SMILES string of the molecule is CC1(c2nnc3c4[nH]cnc4ncn23)CCCCC1N. The van der Waals surface area contributed by atoms with Crippen LogP contribution in [0.3, 0.4) is 0 Å². The summed E-state index contributed by atoms with van der Waals surface area (Å²) in [5.41, 5.74) is 8.47. The van der Waals surface area contributed by atoms with Crippen LogP contribution in [0.1, 0.15) is 38.4 Å². The van der Waals surface area contributed by atoms with E-state index in [-0.39, 0.29) is 11.5 Å². The van der Waals surface area contributed by atoms with E-state index in [1.165, 1.54) is 12.8 Å². The van der Waals surface area contributed by atoms with Gasteiger partial charge in [-0.05, 0) is 12.8 Å². The highest BCUT2D eigenvalue weighted by atomic mass is 15.3. The molecule has 3 aromatic heterocycles. The van der Waals surface area contributed by atoms with E-state index in [4.69, 9.17) is 5.73 Å². The Hall–Kier alpha value is -2.02. The van der Waals surface area contributed by atoms with Gasteiger partial charge in [0, 0.05) is 11.5 Å². The minimum absolute atomic E-state index is 0.112. The first-order valence-electron chi connectivity index (χ1n) is 6.99. The second kappa shape index (κ2) is 3.99. The standard InChI is InChI=1S/C13H17N7/c1-13(5-3-2-4-8(13)14)12-19-18-11-9-10(16-6-15-9)17-7-20(11)12/h6-8H,2-5,14H2,1H3,(H,15,16). The van der Waals surface area contributed by atoms with Gasteiger partial charge in [-0.25, -0.2) is 9.97 Å². The summed E-state index contributed by atoms with van der Waals surface area (Å²) < 4.78 is 1.95. The summed E-state index contributed by atoms with van der Waals surface area (Å²) in [4.78, 5) is 11.6. The van der Waals surface area contributed by atoms with Crippen LogP contribution in [0.2, 0.25) is 0 Å². The van der Waals surface area contributed by atoms with E-state index < -0.39 is 0 Å². The summed E-state index contributed by atoms with van der Waals surface area (Å²) in [6.07, 6.45) is 7.82. The predicted octanol–water partition coefficient (Wildman–Crippen LogP) is 1.16. The van der Waals surface area contributed by atoms with Crippen LogP contribution in [0.5, 0.6) is 0 Å². The molecule has 0 amide bonds. The quantitative estimate of drug-likeness (QED) is 0.692. The number of fused-ring (bicyclic) bond motifs is 3. The molecule has 3 N–H and O–H groups in total. The molecule has 3 heterocycles. The van der Waals surface area contributed by atoms with Crippen molar-refractivity contribution in [3.63, 3.8) is 0 Å². The number of nitrogens with zero attached hydrogens (tertiary/aromatic N) is 5. The average molecular weight is 271 g/mol. The van der Waals surface area contributed by atoms with Gasteiger partial charge in [0.2, 0.25) is 0 Å². The molecule has 1 saturated carbocycles. The zero-order chi connectivity index (χ0) is 13.7. The maximum Gasteiger partial charge on any atom is 0.189 e. The lowest BCUT2D eigenvalue weighted by atomic mass is 9.71. The van der Waals surface area contributed by atoms with Crippen molar-refractivity contribution in [2.75, 3.05) is 0 Å². The number of H-pyrrole nitrogens is 1. The molecular formula is C13H17N7. The maximum absolute atomic E-state index is 6.37. The lowest BCUT2D eigenvalue weighted by molar-refractivity contribution is 0.256. The van der Waals surface area contributed by atoms with Gasteiger partial charge in [0.25, 0.3) is 0 Å². The highest BCUT2D eigenvalue weighted by Crippen LogP contribution is 2.37. The Morgan fingerprint density at radius 2 is 2.25 bits per heavy atom. The third-order valence-corrected chi connectivity index (χ3v) is 4.62. The van der Waals surface area contributed by atoms with Gasteiger partial charge in [0.15, 0.2) is 11.3 Å². The third kappa shape index (κ3) is 1.44. The lowest BCUT2D eigenvalue weighted by Gasteiger charge is -2.37. The molecular weight excluding hydrogens is 254 g/mol. The third-order valence-electron chi connectivity index (χ3n) is 4.62. The fraction of sp³-hybridized carbons (Fsp3) is 0.538. The summed E-state index contributed by atoms with van der Waals surface area (Å²) in [7, 11) is 0. The van der Waals surface area contributed by atoms with Crippen molar-refractivity contribution in [2.45, 2.75) is 44.1 Å². The number of hydrogen-bond donors (Lipinski definition) is 2. The van der Waals surface area contributed by atoms with Crippen LogP contribution in [-0.4, -0.2) is 35.6 Å². The first kappa shape index (κ1) is 11.8. The molecule has 1 aliphatic rings. The molecule has 0 radical (unpaired) electrons. The molecule has 7 nitrogen and oxygen atoms in total. The fourth-order valence-corrected chi connectivity index (χ4v) is 3.26. The van der Waals surface area contributed by atoms with Crippen molar-refractivity contribution in [3.05, 3.63) is 18.5 Å². The highest BCUT2D eigenvalue weighted by Gasteiger charge is 2.40. The molecule has 0 aliphatic heterocycles. The van der Waals surface area contributed by atoms with Crippen molar-refractivity contribution >= 4 is 16.8 Å². The van der Waals surface area contributed by atoms with Crippen LogP contribution in [0.4, 0.5) is 0 Å². The summed E-state index contributed by atoms with van der Waals surface area (Å²) in [5.74, 6) is 0.906. The molecule has 2 unspecified atom stereocenters. The number of nitrogens with one attached hydrogen (secondary N) is 1. The zero-order valence-corrected chi connectivity index (χ0v) is 11.4. The topological polar surface area (TPSA) is 97.8 Å². The number of imidazole rings is 1. The molecule has 20 heavy (non-hydrogen) atoms. The number of nitrogens with two attached hydrogens (primary N) is 1. The smallest absolute Gasteiger partial charge is 0.189 e. The van der Waals surface area contributed by atoms with E-state index in [0.717, 1.165) is 29.8 Å². The summed E-state index contributed by atoms with van der Waals surface area (Å²) >= 11 is 0. The molecule has 0 spiro atoms. The molecule has 1 fully saturated rings. The van der Waals surface area contributed by atoms with Gasteiger partial charge in [-0.3, -0.25) is 4.40 Å². The van der Waals surface area contributed by atoms with Crippen LogP contribution in [0.25, 0.3) is 16.8 Å². The Morgan fingerprint density at radius 3 is 3.10 bits per heavy atom. The molecule has 0 bridgehead atoms. The van der Waals surface area contributed by atoms with Gasteiger partial charge < -0.3 is 10.7 Å². The Morgan fingerprint density at radius 1 is 1.35 bits per heavy atom. The van der Waals surface area contributed by atoms with Gasteiger partial charge in [-0.2, -0.15) is 0 Å². The van der Waals surface area contributed by atoms with Crippen LogP contribution >= 0.6 is 0 Å². The second-order valence-electron chi connectivity index (χ2n) is 5.83. The van der Waals surface area contributed by atoms with Gasteiger partial charge in [0.05, 0.1) is 6.33 Å². The van der Waals surface area contributed by atoms with Crippen LogP contribution in [-0.2, 0) is 5.41 Å². The van der Waals surface area contributed by atoms with E-state index in [1.807, 2.05) is 4.40 Å². The molecule has 104 valence electrons. The van der Waals surface area contributed by atoms with Gasteiger partial charge in [-0.1, -0.05) is 19.8 Å². The largest absolute Gasteiger partial charge is 0.340 e. The van der Waals surface area contributed by atoms with E-state index in [1.54, 1.807) is 12.7 Å². The van der Waals surface area contributed by atoms with Gasteiger partial charge >= 0.3 is 0 Å². The summed E-state index contributed by atoms with van der Waals surface area (Å²) in [6.45, 7) is 2.18. The molecule has 4 rings (SSSR count). The van der Waals surface area contributed by atoms with Crippen molar-refractivity contribution in [1.82, 2.24) is 29.5 Å². The fourth-order valence-electron chi connectivity index (χ4n) is 3.26. The summed E-state index contributed by atoms with van der Waals surface area (Å²) in [6, 6.07) is 0.112. The normalized spacial score (nSPS) is 27.4. The minimum atomic E-state index is -0.146. The first-order chi connectivity index (χ1) is 9.70. The zero-order valence-electron chi connectivity index (χ0n) is 11.4. The van der Waals surface area contributed by atoms with Gasteiger partial charge in [-0.15, -0.1) is 10.2 Å². The number of hydrogen-bond acceptors (Lipinski definition) is 5. The Bertz CT molecular complexity index is 773. The minimum Gasteiger partial charge on any atom is -0.340 e. The summed E-state index contributed by atoms with van der Waals surface area (Å²) in [5, 5.41) is 8.74. The number of aromatic nitrogens is 6. The van der Waals surface area contributed by atoms with Crippen LogP contribution in [0.15, 0.2) is 12.7 Å². The van der Waals surface area contributed by atoms with E-state index >= 15 is 0 Å². The monoisotopic (exact) mass is 271 g/mol. The van der Waals surface area contributed by atoms with Crippen molar-refractivity contribution < 1.29 is 0 Å². The van der Waals surface area contributed by atoms with E-state index in [0.29, 0.717) is 5.65 Å². The van der Waals surface area contributed by atoms with E-state index in [2.05, 4.69) is 32.1 Å². The Kier molecular flexibility index (Phi) is 2.35. The molecule has 1 aliphatic carbocycles. The van der Waals surface area contributed by atoms with Gasteiger partial charge in [0.1, 0.15) is 17.7 Å². The highest BCUT2D eigenvalue weighted by molar-refractivity contribution is 5.84. The average Bonchev–Trinajstić information content (AvgIpc) is 3.06. The molecule has 0 saturated heterocycles. The maximum atomic E-state index is 6.37. The predicted molar refractivity (Wildman–Crippen MR) is 74.2 cm³/mol. The Labute approximate surface area is 115 Å². The van der Waals surface area contributed by atoms with Crippen molar-refractivity contribution in [1.29, 1.82) is 0 Å². The first-order valence-corrected chi connectivity index (χ1v) is 6.99. The second-order valence-corrected chi connectivity index (χ2v) is 5.83. The lowest BCUT2D eigenvalue weighted by Crippen LogP contribution is -2.46. The van der Waals surface area contributed by atoms with E-state index in [9.17, 15) is 0 Å². The number of aromatic amines is 1. The van der Waals surface area contributed by atoms with Crippen molar-refractivity contribution in [2.24, 2.45) is 5.73 Å². The molecule has 0 aromatic carbocycles. The van der Waals surface area contributed by atoms with Crippen LogP contribution in [0, 0.1) is 0 Å². The van der Waals surface area contributed by atoms with Crippen LogP contribution < -0.4 is 5.73 Å². The van der Waals surface area contributed by atoms with Crippen molar-refractivity contribution in [3.8, 4) is 0 Å².